The van der Waals surface area contributed by atoms with Gasteiger partial charge in [0.15, 0.2) is 0 Å². The lowest BCUT2D eigenvalue weighted by Crippen LogP contribution is -2.39. The molecule has 1 aliphatic rings. The van der Waals surface area contributed by atoms with Crippen LogP contribution in [0.3, 0.4) is 0 Å². The highest BCUT2D eigenvalue weighted by Crippen LogP contribution is 2.29. The molecule has 0 aliphatic carbocycles. The molecule has 0 unspecified atom stereocenters. The van der Waals surface area contributed by atoms with Gasteiger partial charge in [0.1, 0.15) is 4.90 Å². The highest BCUT2D eigenvalue weighted by molar-refractivity contribution is 7.89. The van der Waals surface area contributed by atoms with Gasteiger partial charge in [0, 0.05) is 44.6 Å². The summed E-state index contributed by atoms with van der Waals surface area (Å²) in [5, 5.41) is 4.04. The van der Waals surface area contributed by atoms with Gasteiger partial charge in [0.05, 0.1) is 17.6 Å². The molecule has 1 aliphatic heterocycles. The van der Waals surface area contributed by atoms with Crippen LogP contribution in [0.15, 0.2) is 29.7 Å². The average molecular weight is 321 g/mol. The van der Waals surface area contributed by atoms with Crippen LogP contribution in [0.5, 0.6) is 0 Å². The van der Waals surface area contributed by atoms with Gasteiger partial charge in [-0.2, -0.15) is 9.40 Å². The number of aromatic nitrogens is 4. The molecule has 0 saturated carbocycles. The van der Waals surface area contributed by atoms with Crippen LogP contribution in [-0.4, -0.2) is 45.6 Å². The fraction of sp³-hybridized carbons (Fsp3) is 0.500. The van der Waals surface area contributed by atoms with E-state index in [0.717, 1.165) is 18.5 Å². The van der Waals surface area contributed by atoms with Crippen molar-refractivity contribution >= 4 is 10.0 Å². The van der Waals surface area contributed by atoms with E-state index < -0.39 is 10.0 Å². The summed E-state index contributed by atoms with van der Waals surface area (Å²) in [4.78, 5) is 8.68. The Morgan fingerprint density at radius 1 is 1.27 bits per heavy atom. The number of hydrogen-bond donors (Lipinski definition) is 0. The van der Waals surface area contributed by atoms with Crippen LogP contribution in [-0.2, 0) is 17.1 Å². The average Bonchev–Trinajstić information content (AvgIpc) is 2.88. The number of sulfonamides is 1. The fourth-order valence-corrected chi connectivity index (χ4v) is 4.50. The van der Waals surface area contributed by atoms with E-state index >= 15 is 0 Å². The van der Waals surface area contributed by atoms with Gasteiger partial charge in [-0.1, -0.05) is 0 Å². The molecule has 2 aromatic heterocycles. The lowest BCUT2D eigenvalue weighted by atomic mass is 9.96. The van der Waals surface area contributed by atoms with Crippen molar-refractivity contribution in [3.8, 4) is 0 Å². The Labute approximate surface area is 130 Å². The molecule has 1 fully saturated rings. The first-order chi connectivity index (χ1) is 10.5. The molecule has 2 aromatic rings. The number of aryl methyl sites for hydroxylation is 1. The summed E-state index contributed by atoms with van der Waals surface area (Å²) in [7, 11) is -1.77. The Morgan fingerprint density at radius 2 is 2.09 bits per heavy atom. The van der Waals surface area contributed by atoms with Gasteiger partial charge in [-0.05, 0) is 19.8 Å². The predicted molar refractivity (Wildman–Crippen MR) is 80.7 cm³/mol. The Balaban J connectivity index is 1.87. The molecule has 0 N–H and O–H groups in total. The third-order valence-corrected chi connectivity index (χ3v) is 6.16. The van der Waals surface area contributed by atoms with Crippen LogP contribution >= 0.6 is 0 Å². The second-order valence-corrected chi connectivity index (χ2v) is 7.46. The predicted octanol–water partition coefficient (Wildman–Crippen LogP) is 1.09. The lowest BCUT2D eigenvalue weighted by Gasteiger charge is -2.31. The van der Waals surface area contributed by atoms with Gasteiger partial charge in [-0.25, -0.2) is 8.42 Å². The Bertz CT molecular complexity index is 757. The van der Waals surface area contributed by atoms with Crippen molar-refractivity contribution in [2.45, 2.75) is 30.6 Å². The standard InChI is InChI=1S/C14H19N5O2S/c1-11-14(9-17-18(11)2)22(20,21)19-7-3-4-12(10-19)13-8-15-5-6-16-13/h5-6,8-9,12H,3-4,7,10H2,1-2H3/t12-/m1/s1. The summed E-state index contributed by atoms with van der Waals surface area (Å²) in [6, 6.07) is 0. The SMILES string of the molecule is Cc1c(S(=O)(=O)N2CCC[C@@H](c3cnccn3)C2)cnn1C. The van der Waals surface area contributed by atoms with Crippen LogP contribution in [0.25, 0.3) is 0 Å². The largest absolute Gasteiger partial charge is 0.272 e. The van der Waals surface area contributed by atoms with Crippen LogP contribution in [0.1, 0.15) is 30.1 Å². The molecule has 0 bridgehead atoms. The lowest BCUT2D eigenvalue weighted by molar-refractivity contribution is 0.312. The highest BCUT2D eigenvalue weighted by Gasteiger charge is 2.33. The Kier molecular flexibility index (Phi) is 3.96. The van der Waals surface area contributed by atoms with Crippen molar-refractivity contribution in [2.75, 3.05) is 13.1 Å². The third-order valence-electron chi connectivity index (χ3n) is 4.19. The molecule has 0 spiro atoms. The zero-order chi connectivity index (χ0) is 15.7. The molecule has 3 rings (SSSR count). The first kappa shape index (κ1) is 15.1. The van der Waals surface area contributed by atoms with Crippen molar-refractivity contribution in [1.29, 1.82) is 0 Å². The van der Waals surface area contributed by atoms with Gasteiger partial charge in [-0.15, -0.1) is 0 Å². The summed E-state index contributed by atoms with van der Waals surface area (Å²) in [6.07, 6.45) is 8.16. The smallest absolute Gasteiger partial charge is 0.246 e. The zero-order valence-electron chi connectivity index (χ0n) is 12.7. The molecule has 1 saturated heterocycles. The van der Waals surface area contributed by atoms with Gasteiger partial charge >= 0.3 is 0 Å². The van der Waals surface area contributed by atoms with Crippen LogP contribution < -0.4 is 0 Å². The minimum Gasteiger partial charge on any atom is -0.272 e. The van der Waals surface area contributed by atoms with Gasteiger partial charge in [-0.3, -0.25) is 14.6 Å². The van der Waals surface area contributed by atoms with Crippen LogP contribution in [0, 0.1) is 6.92 Å². The molecule has 0 aromatic carbocycles. The van der Waals surface area contributed by atoms with Gasteiger partial charge in [0.25, 0.3) is 0 Å². The summed E-state index contributed by atoms with van der Waals surface area (Å²) >= 11 is 0. The van der Waals surface area contributed by atoms with Crippen molar-refractivity contribution in [3.63, 3.8) is 0 Å². The van der Waals surface area contributed by atoms with Crippen molar-refractivity contribution < 1.29 is 8.42 Å². The van der Waals surface area contributed by atoms with Crippen molar-refractivity contribution in [2.24, 2.45) is 7.05 Å². The van der Waals surface area contributed by atoms with E-state index in [1.165, 1.54) is 6.20 Å². The normalized spacial score (nSPS) is 20.2. The molecule has 0 amide bonds. The maximum Gasteiger partial charge on any atom is 0.246 e. The van der Waals surface area contributed by atoms with E-state index in [-0.39, 0.29) is 10.8 Å². The summed E-state index contributed by atoms with van der Waals surface area (Å²) in [6.45, 7) is 2.74. The van der Waals surface area contributed by atoms with Crippen LogP contribution in [0.2, 0.25) is 0 Å². The van der Waals surface area contributed by atoms with E-state index in [1.54, 1.807) is 41.5 Å². The van der Waals surface area contributed by atoms with Crippen molar-refractivity contribution in [1.82, 2.24) is 24.1 Å². The Morgan fingerprint density at radius 3 is 2.73 bits per heavy atom. The van der Waals surface area contributed by atoms with E-state index in [9.17, 15) is 8.42 Å². The maximum absolute atomic E-state index is 12.8. The van der Waals surface area contributed by atoms with Crippen LogP contribution in [0.4, 0.5) is 0 Å². The first-order valence-electron chi connectivity index (χ1n) is 7.25. The molecular weight excluding hydrogens is 302 g/mol. The number of piperidine rings is 1. The van der Waals surface area contributed by atoms with Crippen molar-refractivity contribution in [3.05, 3.63) is 36.2 Å². The molecule has 7 nitrogen and oxygen atoms in total. The first-order valence-corrected chi connectivity index (χ1v) is 8.69. The van der Waals surface area contributed by atoms with E-state index in [4.69, 9.17) is 0 Å². The molecule has 3 heterocycles. The quantitative estimate of drug-likeness (QED) is 0.845. The van der Waals surface area contributed by atoms with E-state index in [1.807, 2.05) is 0 Å². The molecule has 118 valence electrons. The monoisotopic (exact) mass is 321 g/mol. The second-order valence-electron chi connectivity index (χ2n) is 5.55. The fourth-order valence-electron chi connectivity index (χ4n) is 2.79. The molecule has 22 heavy (non-hydrogen) atoms. The molecule has 0 radical (unpaired) electrons. The van der Waals surface area contributed by atoms with Gasteiger partial charge in [0.2, 0.25) is 10.0 Å². The second kappa shape index (κ2) is 5.77. The molecule has 8 heteroatoms. The topological polar surface area (TPSA) is 81.0 Å². The number of hydrogen-bond acceptors (Lipinski definition) is 5. The summed E-state index contributed by atoms with van der Waals surface area (Å²) < 4.78 is 28.8. The number of rotatable bonds is 3. The van der Waals surface area contributed by atoms with E-state index in [0.29, 0.717) is 18.8 Å². The summed E-state index contributed by atoms with van der Waals surface area (Å²) in [5.41, 5.74) is 1.51. The maximum atomic E-state index is 12.8. The highest BCUT2D eigenvalue weighted by atomic mass is 32.2. The minimum atomic E-state index is -3.51. The third kappa shape index (κ3) is 2.64. The molecular formula is C14H19N5O2S. The number of nitrogens with zero attached hydrogens (tertiary/aromatic N) is 5. The summed E-state index contributed by atoms with van der Waals surface area (Å²) in [5.74, 6) is 0.0919. The zero-order valence-corrected chi connectivity index (χ0v) is 13.5. The molecule has 1 atom stereocenters. The van der Waals surface area contributed by atoms with Gasteiger partial charge < -0.3 is 0 Å². The minimum absolute atomic E-state index is 0.0919. The Hall–Kier alpha value is -1.80. The van der Waals surface area contributed by atoms with E-state index in [2.05, 4.69) is 15.1 Å².